The smallest absolute Gasteiger partial charge is 0.258 e. The summed E-state index contributed by atoms with van der Waals surface area (Å²) in [6.45, 7) is 0. The summed E-state index contributed by atoms with van der Waals surface area (Å²) < 4.78 is 0. The number of benzene rings is 4. The van der Waals surface area contributed by atoms with Crippen LogP contribution in [0.2, 0.25) is 0 Å². The molecule has 4 rings (SSSR count). The third-order valence-electron chi connectivity index (χ3n) is 3.76. The predicted octanol–water partition coefficient (Wildman–Crippen LogP) is 7.73. The highest BCUT2D eigenvalue weighted by molar-refractivity contribution is 5.90. The highest BCUT2D eigenvalue weighted by atomic mass is 16.6. The fraction of sp³-hybridized carbons (Fsp3) is 0. The Hall–Kier alpha value is -4.55. The average Bonchev–Trinajstić information content (AvgIpc) is 2.79. The van der Waals surface area contributed by atoms with Gasteiger partial charge in [0.1, 0.15) is 0 Å². The highest BCUT2D eigenvalue weighted by Crippen LogP contribution is 2.24. The van der Waals surface area contributed by atoms with Crippen molar-refractivity contribution in [3.05, 3.63) is 124 Å². The van der Waals surface area contributed by atoms with Crippen molar-refractivity contribution >= 4 is 27.8 Å². The number of nitro benzene ring substituents is 1. The van der Waals surface area contributed by atoms with Crippen LogP contribution in [0.25, 0.3) is 21.2 Å². The van der Waals surface area contributed by atoms with Gasteiger partial charge in [0.2, 0.25) is 0 Å². The van der Waals surface area contributed by atoms with Crippen molar-refractivity contribution in [2.75, 3.05) is 0 Å². The number of nitro groups is 1. The summed E-state index contributed by atoms with van der Waals surface area (Å²) in [4.78, 5) is 12.0. The molecule has 1 N–H and O–H groups in total. The molecule has 148 valence electrons. The van der Waals surface area contributed by atoms with Gasteiger partial charge in [0, 0.05) is 6.07 Å². The van der Waals surface area contributed by atoms with E-state index in [0.29, 0.717) is 5.39 Å². The number of non-ortho nitro benzene ring substituents is 1. The minimum atomic E-state index is -0.359. The number of nitrogens with zero attached hydrogens (tertiary/aromatic N) is 5. The second kappa shape index (κ2) is 12.0. The van der Waals surface area contributed by atoms with Gasteiger partial charge in [0.15, 0.2) is 0 Å². The lowest BCUT2D eigenvalue weighted by Gasteiger charge is -1.97. The van der Waals surface area contributed by atoms with Gasteiger partial charge in [-0.05, 0) is 46.2 Å². The average molecular weight is 398 g/mol. The lowest BCUT2D eigenvalue weighted by molar-refractivity contribution is -0.383. The Morgan fingerprint density at radius 2 is 1.17 bits per heavy atom. The van der Waals surface area contributed by atoms with E-state index in [0.717, 1.165) is 16.8 Å². The summed E-state index contributed by atoms with van der Waals surface area (Å²) in [5.41, 5.74) is 14.2. The Morgan fingerprint density at radius 1 is 0.733 bits per heavy atom. The first-order chi connectivity index (χ1) is 14.7. The minimum absolute atomic E-state index is 0.165. The molecule has 0 heterocycles. The summed E-state index contributed by atoms with van der Waals surface area (Å²) in [7, 11) is 0. The lowest BCUT2D eigenvalue weighted by atomic mass is 10.1. The van der Waals surface area contributed by atoms with Crippen molar-refractivity contribution in [3.63, 3.8) is 0 Å². The van der Waals surface area contributed by atoms with E-state index in [1.54, 1.807) is 23.1 Å². The molecule has 0 radical (unpaired) electrons. The van der Waals surface area contributed by atoms with Crippen LogP contribution in [0.15, 0.2) is 113 Å². The van der Waals surface area contributed by atoms with Crippen LogP contribution in [0.3, 0.4) is 0 Å². The first kappa shape index (κ1) is 21.7. The van der Waals surface area contributed by atoms with Gasteiger partial charge in [0.25, 0.3) is 5.69 Å². The zero-order valence-corrected chi connectivity index (χ0v) is 15.9. The van der Waals surface area contributed by atoms with E-state index in [4.69, 9.17) is 11.1 Å². The molecule has 4 aromatic carbocycles. The van der Waals surface area contributed by atoms with E-state index < -0.39 is 0 Å². The van der Waals surface area contributed by atoms with Crippen molar-refractivity contribution < 1.29 is 4.92 Å². The van der Waals surface area contributed by atoms with Crippen LogP contribution in [0, 0.1) is 15.6 Å². The standard InChI is InChI=1S/C12H10N2.C10H7NO2.HN3/c1-3-7-11(8-4-1)13-14-12-9-5-2-6-10-12;12-11(13)10-7-3-5-8-4-1-2-6-9(8)10;1-3-2/h1-10H;1-7H;1H. The maximum absolute atomic E-state index is 10.6. The van der Waals surface area contributed by atoms with E-state index in [-0.39, 0.29) is 10.6 Å². The molecule has 8 heteroatoms. The van der Waals surface area contributed by atoms with Crippen molar-refractivity contribution in [2.24, 2.45) is 10.2 Å². The van der Waals surface area contributed by atoms with Gasteiger partial charge in [-0.25, -0.2) is 0 Å². The first-order valence-electron chi connectivity index (χ1n) is 8.80. The van der Waals surface area contributed by atoms with Crippen molar-refractivity contribution in [1.82, 2.24) is 0 Å². The molecule has 0 spiro atoms. The summed E-state index contributed by atoms with van der Waals surface area (Å²) in [5, 5.41) is 20.4. The second-order valence-electron chi connectivity index (χ2n) is 5.73. The van der Waals surface area contributed by atoms with Gasteiger partial charge in [0.05, 0.1) is 21.7 Å². The van der Waals surface area contributed by atoms with Crippen molar-refractivity contribution in [1.29, 1.82) is 5.53 Å². The maximum atomic E-state index is 10.6. The van der Waals surface area contributed by atoms with Gasteiger partial charge >= 0.3 is 0 Å². The third-order valence-corrected chi connectivity index (χ3v) is 3.76. The molecule has 0 saturated carbocycles. The number of rotatable bonds is 3. The number of nitrogens with one attached hydrogen (secondary N) is 1. The molecule has 0 fully saturated rings. The molecule has 0 bridgehead atoms. The van der Waals surface area contributed by atoms with Crippen LogP contribution < -0.4 is 0 Å². The van der Waals surface area contributed by atoms with Gasteiger partial charge in [-0.2, -0.15) is 10.2 Å². The number of fused-ring (bicyclic) bond motifs is 1. The molecule has 0 amide bonds. The van der Waals surface area contributed by atoms with E-state index in [1.807, 2.05) is 78.9 Å². The van der Waals surface area contributed by atoms with Gasteiger partial charge in [-0.15, -0.1) is 5.53 Å². The molecule has 0 aliphatic heterocycles. The molecule has 4 aromatic rings. The van der Waals surface area contributed by atoms with Gasteiger partial charge < -0.3 is 0 Å². The van der Waals surface area contributed by atoms with E-state index in [1.165, 1.54) is 6.07 Å². The molecule has 0 aromatic heterocycles. The zero-order chi connectivity index (χ0) is 21.6. The predicted molar refractivity (Wildman–Crippen MR) is 117 cm³/mol. The largest absolute Gasteiger partial charge is 0.277 e. The van der Waals surface area contributed by atoms with Crippen LogP contribution in [-0.4, -0.2) is 4.92 Å². The normalized spacial score (nSPS) is 9.60. The van der Waals surface area contributed by atoms with Gasteiger partial charge in [-0.1, -0.05) is 66.7 Å². The fourth-order valence-corrected chi connectivity index (χ4v) is 2.47. The Kier molecular flexibility index (Phi) is 8.71. The lowest BCUT2D eigenvalue weighted by Crippen LogP contribution is -1.88. The minimum Gasteiger partial charge on any atom is -0.258 e. The van der Waals surface area contributed by atoms with E-state index in [2.05, 4.69) is 10.2 Å². The molecule has 0 saturated heterocycles. The molecule has 0 aliphatic rings. The van der Waals surface area contributed by atoms with Crippen molar-refractivity contribution in [3.8, 4) is 0 Å². The van der Waals surface area contributed by atoms with E-state index >= 15 is 0 Å². The number of azo groups is 1. The van der Waals surface area contributed by atoms with Crippen LogP contribution in [0.4, 0.5) is 17.1 Å². The SMILES string of the molecule is O=[N+]([O-])c1cccc2ccccc12.[N-]=[N+]=N.c1ccc(N=Nc2ccccc2)cc1. The van der Waals surface area contributed by atoms with Gasteiger partial charge in [-0.3, -0.25) is 10.1 Å². The summed E-state index contributed by atoms with van der Waals surface area (Å²) in [5.74, 6) is 0. The second-order valence-corrected chi connectivity index (χ2v) is 5.73. The molecular formula is C22H18N6O2. The van der Waals surface area contributed by atoms with E-state index in [9.17, 15) is 10.1 Å². The Bertz CT molecular complexity index is 1100. The maximum Gasteiger partial charge on any atom is 0.277 e. The third kappa shape index (κ3) is 6.88. The van der Waals surface area contributed by atoms with Crippen LogP contribution in [-0.2, 0) is 0 Å². The van der Waals surface area contributed by atoms with Crippen molar-refractivity contribution in [2.45, 2.75) is 0 Å². The Labute approximate surface area is 172 Å². The summed E-state index contributed by atoms with van der Waals surface area (Å²) in [6.07, 6.45) is 0. The molecule has 8 nitrogen and oxygen atoms in total. The molecule has 30 heavy (non-hydrogen) atoms. The number of hydrogen-bond donors (Lipinski definition) is 1. The molecule has 0 unspecified atom stereocenters. The molecule has 0 atom stereocenters. The highest BCUT2D eigenvalue weighted by Gasteiger charge is 2.08. The first-order valence-corrected chi connectivity index (χ1v) is 8.80. The summed E-state index contributed by atoms with van der Waals surface area (Å²) >= 11 is 0. The summed E-state index contributed by atoms with van der Waals surface area (Å²) in [6, 6.07) is 31.8. The molecular weight excluding hydrogens is 380 g/mol. The fourth-order valence-electron chi connectivity index (χ4n) is 2.47. The topological polar surface area (TPSA) is 128 Å². The Morgan fingerprint density at radius 3 is 1.67 bits per heavy atom. The monoisotopic (exact) mass is 398 g/mol. The van der Waals surface area contributed by atoms with Crippen LogP contribution in [0.1, 0.15) is 0 Å². The van der Waals surface area contributed by atoms with Crippen LogP contribution >= 0.6 is 0 Å². The Balaban J connectivity index is 0.000000190. The quantitative estimate of drug-likeness (QED) is 0.124. The molecule has 0 aliphatic carbocycles. The van der Waals surface area contributed by atoms with Crippen LogP contribution in [0.5, 0.6) is 0 Å². The zero-order valence-electron chi connectivity index (χ0n) is 15.9. The number of hydrogen-bond acceptors (Lipinski definition) is 5.